The Morgan fingerprint density at radius 2 is 0.576 bits per heavy atom. The Balaban J connectivity index is 1.19. The van der Waals surface area contributed by atoms with E-state index < -0.39 is 0 Å². The van der Waals surface area contributed by atoms with Crippen LogP contribution >= 0.6 is 0 Å². The van der Waals surface area contributed by atoms with Gasteiger partial charge in [-0.05, 0) is 68.7 Å². The lowest BCUT2D eigenvalue weighted by Crippen LogP contribution is -2.13. The Morgan fingerprint density at radius 1 is 0.237 bits per heavy atom. The van der Waals surface area contributed by atoms with E-state index in [1.54, 1.807) is 6.07 Å². The molecule has 0 aromatic heterocycles. The fraction of sp³-hybridized carbons (Fsp3) is 0. The van der Waals surface area contributed by atoms with Crippen LogP contribution in [0.4, 0.5) is 38.5 Å². The summed E-state index contributed by atoms with van der Waals surface area (Å²) >= 11 is 0. The van der Waals surface area contributed by atoms with E-state index in [1.165, 1.54) is 10.8 Å². The minimum Gasteiger partial charge on any atom is -0.309 e. The smallest absolute Gasteiger partial charge is 0.133 e. The topological polar surface area (TPSA) is 6.48 Å². The Morgan fingerprint density at radius 3 is 1.05 bits per heavy atom. The van der Waals surface area contributed by atoms with Gasteiger partial charge >= 0.3 is 0 Å². The zero-order chi connectivity index (χ0) is 39.0. The molecule has 0 saturated heterocycles. The first-order chi connectivity index (χ1) is 29.2. The van der Waals surface area contributed by atoms with E-state index in [2.05, 4.69) is 210 Å². The van der Waals surface area contributed by atoms with Crippen LogP contribution in [-0.2, 0) is 0 Å². The van der Waals surface area contributed by atoms with Crippen molar-refractivity contribution in [3.63, 3.8) is 0 Å². The van der Waals surface area contributed by atoms with Crippen LogP contribution in [0.5, 0.6) is 0 Å². The number of fused-ring (bicyclic) bond motifs is 4. The average molecular weight is 755 g/mol. The minimum atomic E-state index is -0.252. The van der Waals surface area contributed by atoms with Crippen molar-refractivity contribution in [2.75, 3.05) is 9.80 Å². The van der Waals surface area contributed by atoms with Crippen molar-refractivity contribution in [3.05, 3.63) is 218 Å². The van der Waals surface area contributed by atoms with Crippen molar-refractivity contribution < 1.29 is 4.39 Å². The number of nitrogens with zero attached hydrogens (tertiary/aromatic N) is 2. The third-order valence-electron chi connectivity index (χ3n) is 12.2. The first-order valence-corrected chi connectivity index (χ1v) is 20.1. The van der Waals surface area contributed by atoms with Gasteiger partial charge in [-0.2, -0.15) is 0 Å². The van der Waals surface area contributed by atoms with Gasteiger partial charge in [-0.25, -0.2) is 4.39 Å². The lowest BCUT2D eigenvalue weighted by atomic mass is 9.91. The van der Waals surface area contributed by atoms with Gasteiger partial charge in [0, 0.05) is 43.1 Å². The zero-order valence-electron chi connectivity index (χ0n) is 32.0. The molecule has 12 rings (SSSR count). The van der Waals surface area contributed by atoms with Crippen molar-refractivity contribution in [1.82, 2.24) is 0 Å². The van der Waals surface area contributed by atoms with Crippen molar-refractivity contribution in [2.24, 2.45) is 0 Å². The van der Waals surface area contributed by atoms with Gasteiger partial charge in [0.2, 0.25) is 0 Å². The maximum atomic E-state index is 17.2. The standard InChI is InChI=1S/C56H35FN2/c57-48-35-54(59(51-27-11-19-38-15-3-7-23-43(38)51)52-28-12-20-39-16-4-8-24-44(39)52)47-31-29-40-30-34-53(46-33-32-45(48)56(47)55(40)46)58(49-25-9-17-36-13-1-5-21-41(36)49)50-26-10-18-37-14-2-6-22-42(37)50/h1-35H. The summed E-state index contributed by atoms with van der Waals surface area (Å²) in [6, 6.07) is 74.6. The van der Waals surface area contributed by atoms with E-state index in [1.807, 2.05) is 6.07 Å². The quantitative estimate of drug-likeness (QED) is 0.156. The molecule has 276 valence electrons. The zero-order valence-corrected chi connectivity index (χ0v) is 32.0. The summed E-state index contributed by atoms with van der Waals surface area (Å²) in [6.07, 6.45) is 0. The lowest BCUT2D eigenvalue weighted by molar-refractivity contribution is 0.640. The summed E-state index contributed by atoms with van der Waals surface area (Å²) in [5.74, 6) is -0.252. The Hall–Kier alpha value is -7.75. The van der Waals surface area contributed by atoms with Gasteiger partial charge in [-0.3, -0.25) is 0 Å². The molecule has 0 fully saturated rings. The summed E-state index contributed by atoms with van der Waals surface area (Å²) in [5, 5.41) is 14.8. The second-order valence-electron chi connectivity index (χ2n) is 15.4. The summed E-state index contributed by atoms with van der Waals surface area (Å²) < 4.78 is 17.2. The van der Waals surface area contributed by atoms with Crippen LogP contribution in [0.15, 0.2) is 212 Å². The number of halogens is 1. The summed E-state index contributed by atoms with van der Waals surface area (Å²) in [7, 11) is 0. The van der Waals surface area contributed by atoms with Crippen LogP contribution in [-0.4, -0.2) is 0 Å². The van der Waals surface area contributed by atoms with Gasteiger partial charge in [0.25, 0.3) is 0 Å². The second kappa shape index (κ2) is 13.2. The fourth-order valence-corrected chi connectivity index (χ4v) is 9.59. The predicted octanol–water partition coefficient (Wildman–Crippen LogP) is 16.3. The number of benzene rings is 12. The number of hydrogen-bond donors (Lipinski definition) is 0. The van der Waals surface area contributed by atoms with Crippen LogP contribution in [0.25, 0.3) is 75.4 Å². The molecular formula is C56H35FN2. The largest absolute Gasteiger partial charge is 0.309 e. The monoisotopic (exact) mass is 754 g/mol. The molecule has 0 aliphatic carbocycles. The highest BCUT2D eigenvalue weighted by Gasteiger charge is 2.26. The van der Waals surface area contributed by atoms with Crippen LogP contribution < -0.4 is 9.80 Å². The third-order valence-corrected chi connectivity index (χ3v) is 12.2. The highest BCUT2D eigenvalue weighted by Crippen LogP contribution is 2.51. The van der Waals surface area contributed by atoms with Crippen molar-refractivity contribution >= 4 is 110 Å². The minimum absolute atomic E-state index is 0.252. The van der Waals surface area contributed by atoms with Crippen LogP contribution in [0, 0.1) is 5.82 Å². The van der Waals surface area contributed by atoms with E-state index in [4.69, 9.17) is 0 Å². The van der Waals surface area contributed by atoms with Crippen LogP contribution in [0.2, 0.25) is 0 Å². The molecule has 0 unspecified atom stereocenters. The Labute approximate surface area is 340 Å². The van der Waals surface area contributed by atoms with E-state index in [-0.39, 0.29) is 5.82 Å². The first-order valence-electron chi connectivity index (χ1n) is 20.1. The molecule has 0 aliphatic heterocycles. The average Bonchev–Trinajstić information content (AvgIpc) is 3.30. The number of rotatable bonds is 6. The van der Waals surface area contributed by atoms with Gasteiger partial charge in [-0.15, -0.1) is 0 Å². The van der Waals surface area contributed by atoms with E-state index in [0.717, 1.165) is 93.4 Å². The molecule has 12 aromatic rings. The Kier molecular flexibility index (Phi) is 7.45. The molecule has 0 amide bonds. The molecule has 0 N–H and O–H groups in total. The molecule has 12 aromatic carbocycles. The maximum absolute atomic E-state index is 17.2. The van der Waals surface area contributed by atoms with E-state index >= 15 is 4.39 Å². The van der Waals surface area contributed by atoms with E-state index in [0.29, 0.717) is 5.39 Å². The molecule has 2 nitrogen and oxygen atoms in total. The van der Waals surface area contributed by atoms with Gasteiger partial charge in [0.05, 0.1) is 34.1 Å². The van der Waals surface area contributed by atoms with Gasteiger partial charge in [0.1, 0.15) is 5.82 Å². The van der Waals surface area contributed by atoms with Gasteiger partial charge < -0.3 is 9.80 Å². The summed E-state index contributed by atoms with van der Waals surface area (Å²) in [6.45, 7) is 0. The summed E-state index contributed by atoms with van der Waals surface area (Å²) in [5.41, 5.74) is 5.98. The van der Waals surface area contributed by atoms with Crippen LogP contribution in [0.3, 0.4) is 0 Å². The SMILES string of the molecule is Fc1cc(N(c2cccc3ccccc23)c2cccc3ccccc23)c2ccc3ccc(N(c4cccc5ccccc45)c4cccc5ccccc45)c4ccc1c2c34. The molecule has 0 heterocycles. The normalized spacial score (nSPS) is 11.8. The molecule has 0 saturated carbocycles. The molecule has 0 atom stereocenters. The first kappa shape index (κ1) is 33.4. The third kappa shape index (κ3) is 5.11. The summed E-state index contributed by atoms with van der Waals surface area (Å²) in [4.78, 5) is 4.69. The molecule has 59 heavy (non-hydrogen) atoms. The molecule has 0 aliphatic rings. The predicted molar refractivity (Wildman–Crippen MR) is 249 cm³/mol. The van der Waals surface area contributed by atoms with Crippen molar-refractivity contribution in [3.8, 4) is 0 Å². The highest BCUT2D eigenvalue weighted by molar-refractivity contribution is 6.29. The molecule has 0 radical (unpaired) electrons. The van der Waals surface area contributed by atoms with Crippen molar-refractivity contribution in [1.29, 1.82) is 0 Å². The van der Waals surface area contributed by atoms with Gasteiger partial charge in [0.15, 0.2) is 0 Å². The Bertz CT molecular complexity index is 3430. The van der Waals surface area contributed by atoms with Gasteiger partial charge in [-0.1, -0.05) is 176 Å². The number of hydrogen-bond acceptors (Lipinski definition) is 2. The second-order valence-corrected chi connectivity index (χ2v) is 15.4. The maximum Gasteiger partial charge on any atom is 0.133 e. The molecule has 0 spiro atoms. The molecular weight excluding hydrogens is 720 g/mol. The number of anilines is 6. The van der Waals surface area contributed by atoms with Crippen LogP contribution in [0.1, 0.15) is 0 Å². The fourth-order valence-electron chi connectivity index (χ4n) is 9.59. The van der Waals surface area contributed by atoms with Crippen molar-refractivity contribution in [2.45, 2.75) is 0 Å². The molecule has 3 heteroatoms. The highest BCUT2D eigenvalue weighted by atomic mass is 19.1. The molecule has 0 bridgehead atoms. The van der Waals surface area contributed by atoms with E-state index in [9.17, 15) is 0 Å². The lowest BCUT2D eigenvalue weighted by Gasteiger charge is -2.31.